The molecular weight excluding hydrogens is 560 g/mol. The number of hydrogen-bond donors (Lipinski definition) is 1. The Hall–Kier alpha value is -2.81. The second kappa shape index (κ2) is 13.7. The van der Waals surface area contributed by atoms with E-state index in [1.807, 2.05) is 31.3 Å². The topological polar surface area (TPSA) is 70.5 Å². The molecular formula is C35H53F2N5O2. The second-order valence-corrected chi connectivity index (χ2v) is 15.4. The number of amides is 2. The molecule has 0 spiro atoms. The van der Waals surface area contributed by atoms with Crippen LogP contribution in [0.5, 0.6) is 0 Å². The van der Waals surface area contributed by atoms with E-state index >= 15 is 4.39 Å². The molecule has 1 aliphatic carbocycles. The van der Waals surface area contributed by atoms with Crippen LogP contribution in [0.15, 0.2) is 30.5 Å². The Morgan fingerprint density at radius 1 is 1.07 bits per heavy atom. The van der Waals surface area contributed by atoms with E-state index in [0.29, 0.717) is 49.9 Å². The van der Waals surface area contributed by atoms with E-state index in [2.05, 4.69) is 49.9 Å². The molecule has 7 nitrogen and oxygen atoms in total. The summed E-state index contributed by atoms with van der Waals surface area (Å²) in [7, 11) is 3.92. The molecule has 2 fully saturated rings. The van der Waals surface area contributed by atoms with E-state index < -0.39 is 11.6 Å². The highest BCUT2D eigenvalue weighted by atomic mass is 19.1. The number of piperidine rings is 1. The van der Waals surface area contributed by atoms with Crippen molar-refractivity contribution < 1.29 is 18.4 Å². The number of nitrogens with one attached hydrogen (secondary N) is 1. The summed E-state index contributed by atoms with van der Waals surface area (Å²) in [6.45, 7) is 14.5. The lowest BCUT2D eigenvalue weighted by Crippen LogP contribution is -2.47. The molecule has 2 aromatic rings. The average Bonchev–Trinajstić information content (AvgIpc) is 3.52. The number of hydrogen-bond acceptors (Lipinski definition) is 4. The van der Waals surface area contributed by atoms with Gasteiger partial charge in [-0.05, 0) is 100 Å². The van der Waals surface area contributed by atoms with E-state index in [4.69, 9.17) is 0 Å². The molecule has 2 unspecified atom stereocenters. The number of carbonyl (C=O) groups excluding carboxylic acids is 2. The Labute approximate surface area is 262 Å². The maximum atomic E-state index is 15.1. The van der Waals surface area contributed by atoms with Crippen molar-refractivity contribution in [2.45, 2.75) is 104 Å². The number of nitrogens with zero attached hydrogens (tertiary/aromatic N) is 4. The molecule has 1 N–H and O–H groups in total. The highest BCUT2D eigenvalue weighted by Crippen LogP contribution is 2.45. The Balaban J connectivity index is 1.48. The van der Waals surface area contributed by atoms with Gasteiger partial charge in [0.15, 0.2) is 0 Å². The van der Waals surface area contributed by atoms with Crippen molar-refractivity contribution in [3.8, 4) is 0 Å². The number of aromatic nitrogens is 2. The van der Waals surface area contributed by atoms with Crippen LogP contribution in [0.3, 0.4) is 0 Å². The van der Waals surface area contributed by atoms with Crippen LogP contribution < -0.4 is 5.32 Å². The predicted molar refractivity (Wildman–Crippen MR) is 170 cm³/mol. The van der Waals surface area contributed by atoms with Gasteiger partial charge in [-0.1, -0.05) is 26.8 Å². The van der Waals surface area contributed by atoms with E-state index in [0.717, 1.165) is 37.4 Å². The van der Waals surface area contributed by atoms with E-state index in [1.54, 1.807) is 11.6 Å². The van der Waals surface area contributed by atoms with Crippen LogP contribution in [0, 0.1) is 34.8 Å². The van der Waals surface area contributed by atoms with Gasteiger partial charge in [0.2, 0.25) is 11.8 Å². The maximum Gasteiger partial charge on any atom is 0.226 e. The fraction of sp³-hybridized carbons (Fsp3) is 0.686. The summed E-state index contributed by atoms with van der Waals surface area (Å²) in [6.07, 6.45) is 6.93. The van der Waals surface area contributed by atoms with E-state index in [9.17, 15) is 14.0 Å². The first-order valence-electron chi connectivity index (χ1n) is 16.2. The van der Waals surface area contributed by atoms with Gasteiger partial charge in [0, 0.05) is 63.4 Å². The molecule has 4 rings (SSSR count). The van der Waals surface area contributed by atoms with Crippen LogP contribution in [0.1, 0.15) is 97.2 Å². The summed E-state index contributed by atoms with van der Waals surface area (Å²) in [5, 5.41) is 7.64. The molecule has 4 atom stereocenters. The number of benzene rings is 1. The summed E-state index contributed by atoms with van der Waals surface area (Å²) >= 11 is 0. The molecule has 0 bridgehead atoms. The van der Waals surface area contributed by atoms with Crippen molar-refractivity contribution in [2.24, 2.45) is 30.2 Å². The van der Waals surface area contributed by atoms with Gasteiger partial charge in [-0.2, -0.15) is 5.10 Å². The van der Waals surface area contributed by atoms with Crippen molar-refractivity contribution in [3.63, 3.8) is 0 Å². The second-order valence-electron chi connectivity index (χ2n) is 15.4. The van der Waals surface area contributed by atoms with Crippen LogP contribution in [0.2, 0.25) is 0 Å². The van der Waals surface area contributed by atoms with Gasteiger partial charge in [-0.25, -0.2) is 8.78 Å². The molecule has 2 amide bonds. The summed E-state index contributed by atoms with van der Waals surface area (Å²) in [5.74, 6) is -0.926. The largest absolute Gasteiger partial charge is 0.351 e. The molecule has 44 heavy (non-hydrogen) atoms. The van der Waals surface area contributed by atoms with Crippen molar-refractivity contribution in [3.05, 3.63) is 53.4 Å². The van der Waals surface area contributed by atoms with Crippen molar-refractivity contribution in [1.29, 1.82) is 0 Å². The molecule has 2 heterocycles. The van der Waals surface area contributed by atoms with Gasteiger partial charge in [0.05, 0.1) is 5.69 Å². The third-order valence-electron chi connectivity index (χ3n) is 9.70. The minimum atomic E-state index is -0.607. The van der Waals surface area contributed by atoms with E-state index in [-0.39, 0.29) is 40.6 Å². The molecule has 244 valence electrons. The molecule has 1 aromatic carbocycles. The highest BCUT2D eigenvalue weighted by molar-refractivity contribution is 5.80. The monoisotopic (exact) mass is 613 g/mol. The smallest absolute Gasteiger partial charge is 0.226 e. The third-order valence-corrected chi connectivity index (χ3v) is 9.70. The first-order chi connectivity index (χ1) is 20.5. The lowest BCUT2D eigenvalue weighted by atomic mass is 9.70. The van der Waals surface area contributed by atoms with Crippen LogP contribution in [-0.4, -0.2) is 63.1 Å². The lowest BCUT2D eigenvalue weighted by Gasteiger charge is -2.42. The molecule has 1 saturated heterocycles. The Bertz CT molecular complexity index is 1290. The zero-order chi connectivity index (χ0) is 32.4. The maximum absolute atomic E-state index is 15.1. The van der Waals surface area contributed by atoms with Gasteiger partial charge in [0.1, 0.15) is 11.6 Å². The normalized spacial score (nSPS) is 22.4. The Kier molecular flexibility index (Phi) is 10.6. The molecule has 2 aliphatic rings. The van der Waals surface area contributed by atoms with E-state index in [1.165, 1.54) is 12.1 Å². The zero-order valence-corrected chi connectivity index (χ0v) is 28.0. The SMILES string of the molecule is CC(=O)NC(C)(C)CC(CC(C)(C)C)C1CCN(C(=O)[C@@H]2CC(N(C)Cc3ccn(C)n3)C[C@H]2c2ccc(F)cc2F)CC1. The van der Waals surface area contributed by atoms with Crippen LogP contribution in [-0.2, 0) is 23.2 Å². The third kappa shape index (κ3) is 8.89. The first-order valence-corrected chi connectivity index (χ1v) is 16.2. The zero-order valence-electron chi connectivity index (χ0n) is 28.0. The number of aryl methyl sites for hydroxylation is 1. The summed E-state index contributed by atoms with van der Waals surface area (Å²) in [4.78, 5) is 30.3. The number of carbonyl (C=O) groups is 2. The van der Waals surface area contributed by atoms with Gasteiger partial charge in [-0.15, -0.1) is 0 Å². The van der Waals surface area contributed by atoms with Crippen molar-refractivity contribution >= 4 is 11.8 Å². The molecule has 9 heteroatoms. The Morgan fingerprint density at radius 3 is 2.32 bits per heavy atom. The standard InChI is InChI=1S/C35H53F2N5O2/c1-23(43)38-35(5,6)21-25(20-34(2,3)4)24-11-15-42(16-12-24)33(44)31-19-28(40(7)22-27-13-14-41(8)39-27)18-30(31)29-10-9-26(36)17-32(29)37/h9-10,13-14,17,24-25,28,30-31H,11-12,15-16,18-22H2,1-8H3,(H,38,43)/t25?,28?,30-,31+/m0/s1. The van der Waals surface area contributed by atoms with Gasteiger partial charge >= 0.3 is 0 Å². The lowest BCUT2D eigenvalue weighted by molar-refractivity contribution is -0.137. The van der Waals surface area contributed by atoms with Gasteiger partial charge in [-0.3, -0.25) is 19.2 Å². The molecule has 0 radical (unpaired) electrons. The fourth-order valence-electron chi connectivity index (χ4n) is 7.92. The van der Waals surface area contributed by atoms with Crippen molar-refractivity contribution in [2.75, 3.05) is 20.1 Å². The summed E-state index contributed by atoms with van der Waals surface area (Å²) in [5.41, 5.74) is 1.22. The van der Waals surface area contributed by atoms with Crippen LogP contribution >= 0.6 is 0 Å². The van der Waals surface area contributed by atoms with Crippen LogP contribution in [0.4, 0.5) is 8.78 Å². The average molecular weight is 614 g/mol. The number of rotatable bonds is 10. The first kappa shape index (κ1) is 34.1. The minimum absolute atomic E-state index is 0.0161. The van der Waals surface area contributed by atoms with Crippen molar-refractivity contribution in [1.82, 2.24) is 24.9 Å². The van der Waals surface area contributed by atoms with Crippen LogP contribution in [0.25, 0.3) is 0 Å². The number of halogens is 2. The fourth-order valence-corrected chi connectivity index (χ4v) is 7.92. The Morgan fingerprint density at radius 2 is 1.75 bits per heavy atom. The molecule has 1 aromatic heterocycles. The van der Waals surface area contributed by atoms with Gasteiger partial charge in [0.25, 0.3) is 0 Å². The predicted octanol–water partition coefficient (Wildman–Crippen LogP) is 6.29. The minimum Gasteiger partial charge on any atom is -0.351 e. The number of likely N-dealkylation sites (tertiary alicyclic amines) is 1. The molecule has 1 saturated carbocycles. The summed E-state index contributed by atoms with van der Waals surface area (Å²) in [6, 6.07) is 5.82. The van der Waals surface area contributed by atoms with Gasteiger partial charge < -0.3 is 10.2 Å². The molecule has 1 aliphatic heterocycles. The highest BCUT2D eigenvalue weighted by Gasteiger charge is 2.44. The summed E-state index contributed by atoms with van der Waals surface area (Å²) < 4.78 is 30.8. The quantitative estimate of drug-likeness (QED) is 0.342.